The molecule has 0 aliphatic heterocycles. The Morgan fingerprint density at radius 1 is 1.26 bits per heavy atom. The van der Waals surface area contributed by atoms with E-state index in [1.54, 1.807) is 6.07 Å². The number of nitriles is 1. The molecule has 1 aromatic carbocycles. The number of aromatic nitrogens is 4. The molecule has 0 unspecified atom stereocenters. The van der Waals surface area contributed by atoms with Crippen molar-refractivity contribution in [2.75, 3.05) is 12.0 Å². The molecule has 0 radical (unpaired) electrons. The third kappa shape index (κ3) is 2.86. The van der Waals surface area contributed by atoms with E-state index in [0.717, 1.165) is 5.56 Å². The summed E-state index contributed by atoms with van der Waals surface area (Å²) in [6, 6.07) is 13.1. The molecule has 0 fully saturated rings. The van der Waals surface area contributed by atoms with Crippen molar-refractivity contribution in [2.24, 2.45) is 0 Å². The second-order valence-corrected chi connectivity index (χ2v) is 5.71. The standard InChI is InChI=1S/C15H11ClN6S/c1-23-15-10(8-17)13(18)22(21-15)12-7-11(16)19-14(20-12)9-5-3-2-4-6-9/h2-7H,18H2,1H3. The van der Waals surface area contributed by atoms with Gasteiger partial charge in [0.25, 0.3) is 0 Å². The van der Waals surface area contributed by atoms with E-state index in [1.807, 2.05) is 36.6 Å². The van der Waals surface area contributed by atoms with Gasteiger partial charge in [0, 0.05) is 11.6 Å². The van der Waals surface area contributed by atoms with Crippen LogP contribution in [0.1, 0.15) is 5.56 Å². The van der Waals surface area contributed by atoms with Crippen molar-refractivity contribution in [1.82, 2.24) is 19.7 Å². The van der Waals surface area contributed by atoms with Crippen molar-refractivity contribution in [2.45, 2.75) is 5.03 Å². The summed E-state index contributed by atoms with van der Waals surface area (Å²) in [4.78, 5) is 8.70. The number of rotatable bonds is 3. The number of anilines is 1. The topological polar surface area (TPSA) is 93.4 Å². The van der Waals surface area contributed by atoms with Gasteiger partial charge in [-0.2, -0.15) is 15.0 Å². The van der Waals surface area contributed by atoms with Gasteiger partial charge in [-0.05, 0) is 6.26 Å². The van der Waals surface area contributed by atoms with E-state index in [1.165, 1.54) is 16.4 Å². The first-order chi connectivity index (χ1) is 11.1. The predicted octanol–water partition coefficient (Wildman–Crippen LogP) is 3.16. The fraction of sp³-hybridized carbons (Fsp3) is 0.0667. The molecule has 8 heteroatoms. The van der Waals surface area contributed by atoms with Crippen molar-refractivity contribution in [3.8, 4) is 23.3 Å². The lowest BCUT2D eigenvalue weighted by atomic mass is 10.2. The lowest BCUT2D eigenvalue weighted by Gasteiger charge is -2.06. The first-order valence-electron chi connectivity index (χ1n) is 6.57. The molecule has 0 atom stereocenters. The van der Waals surface area contributed by atoms with Crippen LogP contribution in [0.5, 0.6) is 0 Å². The summed E-state index contributed by atoms with van der Waals surface area (Å²) in [5.41, 5.74) is 7.18. The minimum Gasteiger partial charge on any atom is -0.382 e. The van der Waals surface area contributed by atoms with Gasteiger partial charge in [0.05, 0.1) is 0 Å². The minimum atomic E-state index is 0.227. The van der Waals surface area contributed by atoms with Gasteiger partial charge in [-0.1, -0.05) is 41.9 Å². The summed E-state index contributed by atoms with van der Waals surface area (Å²) < 4.78 is 1.41. The van der Waals surface area contributed by atoms with Crippen LogP contribution in [0.4, 0.5) is 5.82 Å². The highest BCUT2D eigenvalue weighted by molar-refractivity contribution is 7.98. The molecule has 3 aromatic rings. The van der Waals surface area contributed by atoms with Crippen molar-refractivity contribution >= 4 is 29.2 Å². The largest absolute Gasteiger partial charge is 0.382 e. The summed E-state index contributed by atoms with van der Waals surface area (Å²) >= 11 is 7.46. The number of thioether (sulfide) groups is 1. The van der Waals surface area contributed by atoms with Gasteiger partial charge in [-0.15, -0.1) is 11.8 Å². The number of benzene rings is 1. The summed E-state index contributed by atoms with van der Waals surface area (Å²) in [6.07, 6.45) is 1.83. The SMILES string of the molecule is CSc1nn(-c2cc(Cl)nc(-c3ccccc3)n2)c(N)c1C#N. The Kier molecular flexibility index (Phi) is 4.19. The van der Waals surface area contributed by atoms with E-state index in [2.05, 4.69) is 21.1 Å². The normalized spacial score (nSPS) is 10.5. The number of halogens is 1. The number of nitrogens with two attached hydrogens (primary N) is 1. The number of hydrogen-bond acceptors (Lipinski definition) is 6. The zero-order valence-electron chi connectivity index (χ0n) is 12.1. The van der Waals surface area contributed by atoms with E-state index < -0.39 is 0 Å². The third-order valence-electron chi connectivity index (χ3n) is 3.12. The van der Waals surface area contributed by atoms with Crippen molar-refractivity contribution in [1.29, 1.82) is 5.26 Å². The fourth-order valence-corrected chi connectivity index (χ4v) is 2.76. The molecule has 0 saturated carbocycles. The minimum absolute atomic E-state index is 0.227. The van der Waals surface area contributed by atoms with E-state index in [4.69, 9.17) is 17.3 Å². The van der Waals surface area contributed by atoms with E-state index in [-0.39, 0.29) is 11.0 Å². The van der Waals surface area contributed by atoms with Crippen molar-refractivity contribution in [3.05, 3.63) is 47.1 Å². The number of nitrogens with zero attached hydrogens (tertiary/aromatic N) is 5. The Bertz CT molecular complexity index is 900. The van der Waals surface area contributed by atoms with Crippen molar-refractivity contribution < 1.29 is 0 Å². The maximum Gasteiger partial charge on any atom is 0.163 e. The fourth-order valence-electron chi connectivity index (χ4n) is 2.06. The number of hydrogen-bond donors (Lipinski definition) is 1. The Morgan fingerprint density at radius 3 is 2.61 bits per heavy atom. The molecular weight excluding hydrogens is 332 g/mol. The highest BCUT2D eigenvalue weighted by Crippen LogP contribution is 2.27. The second-order valence-electron chi connectivity index (χ2n) is 4.53. The van der Waals surface area contributed by atoms with Gasteiger partial charge in [0.1, 0.15) is 27.6 Å². The third-order valence-corrected chi connectivity index (χ3v) is 3.99. The first-order valence-corrected chi connectivity index (χ1v) is 8.17. The Hall–Kier alpha value is -2.56. The zero-order chi connectivity index (χ0) is 16.4. The monoisotopic (exact) mass is 342 g/mol. The summed E-state index contributed by atoms with van der Waals surface area (Å²) in [6.45, 7) is 0. The van der Waals surface area contributed by atoms with E-state index >= 15 is 0 Å². The summed E-state index contributed by atoms with van der Waals surface area (Å²) in [5.74, 6) is 1.11. The van der Waals surface area contributed by atoms with Gasteiger partial charge in [0.15, 0.2) is 11.6 Å². The smallest absolute Gasteiger partial charge is 0.163 e. The molecular formula is C15H11ClN6S. The molecule has 23 heavy (non-hydrogen) atoms. The van der Waals surface area contributed by atoms with Crippen LogP contribution in [-0.4, -0.2) is 26.0 Å². The van der Waals surface area contributed by atoms with Crippen molar-refractivity contribution in [3.63, 3.8) is 0 Å². The second kappa shape index (κ2) is 6.28. The molecule has 2 heterocycles. The Balaban J connectivity index is 2.17. The molecule has 6 nitrogen and oxygen atoms in total. The summed E-state index contributed by atoms with van der Waals surface area (Å²) in [7, 11) is 0. The molecule has 0 aliphatic carbocycles. The average Bonchev–Trinajstić information content (AvgIpc) is 2.91. The quantitative estimate of drug-likeness (QED) is 0.580. The molecule has 114 valence electrons. The molecule has 0 amide bonds. The molecule has 0 saturated heterocycles. The van der Waals surface area contributed by atoms with Gasteiger partial charge < -0.3 is 5.73 Å². The van der Waals surface area contributed by atoms with Crippen LogP contribution in [0, 0.1) is 11.3 Å². The molecule has 0 aliphatic rings. The maximum absolute atomic E-state index is 9.22. The summed E-state index contributed by atoms with van der Waals surface area (Å²) in [5, 5.41) is 14.4. The van der Waals surface area contributed by atoms with Crippen LogP contribution >= 0.6 is 23.4 Å². The lowest BCUT2D eigenvalue weighted by Crippen LogP contribution is -2.06. The highest BCUT2D eigenvalue weighted by Gasteiger charge is 2.18. The first kappa shape index (κ1) is 15.3. The Labute approximate surface area is 141 Å². The Morgan fingerprint density at radius 2 is 2.00 bits per heavy atom. The van der Waals surface area contributed by atoms with E-state index in [9.17, 15) is 5.26 Å². The van der Waals surface area contributed by atoms with Gasteiger partial charge in [-0.3, -0.25) is 0 Å². The van der Waals surface area contributed by atoms with E-state index in [0.29, 0.717) is 22.2 Å². The van der Waals surface area contributed by atoms with Crippen LogP contribution in [0.2, 0.25) is 5.15 Å². The lowest BCUT2D eigenvalue weighted by molar-refractivity contribution is 0.815. The zero-order valence-corrected chi connectivity index (χ0v) is 13.6. The van der Waals surface area contributed by atoms with Crippen LogP contribution in [0.3, 0.4) is 0 Å². The van der Waals surface area contributed by atoms with Gasteiger partial charge in [-0.25, -0.2) is 9.97 Å². The van der Waals surface area contributed by atoms with Crippen LogP contribution in [-0.2, 0) is 0 Å². The molecule has 0 spiro atoms. The number of nitrogen functional groups attached to an aromatic ring is 1. The molecule has 2 N–H and O–H groups in total. The maximum atomic E-state index is 9.22. The van der Waals surface area contributed by atoms with Gasteiger partial charge >= 0.3 is 0 Å². The van der Waals surface area contributed by atoms with Crippen LogP contribution in [0.25, 0.3) is 17.2 Å². The molecule has 2 aromatic heterocycles. The van der Waals surface area contributed by atoms with Crippen LogP contribution < -0.4 is 5.73 Å². The van der Waals surface area contributed by atoms with Gasteiger partial charge in [0.2, 0.25) is 0 Å². The predicted molar refractivity (Wildman–Crippen MR) is 90.5 cm³/mol. The molecule has 3 rings (SSSR count). The van der Waals surface area contributed by atoms with Crippen LogP contribution in [0.15, 0.2) is 41.4 Å². The highest BCUT2D eigenvalue weighted by atomic mass is 35.5. The molecule has 0 bridgehead atoms. The average molecular weight is 343 g/mol.